The quantitative estimate of drug-likeness (QED) is 0.819. The van der Waals surface area contributed by atoms with Gasteiger partial charge in [-0.2, -0.15) is 5.10 Å². The molecule has 102 valence electrons. The van der Waals surface area contributed by atoms with Gasteiger partial charge in [0.2, 0.25) is 0 Å². The molecule has 1 saturated heterocycles. The second kappa shape index (κ2) is 5.43. The summed E-state index contributed by atoms with van der Waals surface area (Å²) < 4.78 is 2.30. The lowest BCUT2D eigenvalue weighted by atomic mass is 10.0. The molecule has 1 fully saturated rings. The monoisotopic (exact) mass is 249 g/mol. The molecule has 1 aliphatic rings. The zero-order valence-corrected chi connectivity index (χ0v) is 12.5. The van der Waals surface area contributed by atoms with Crippen molar-refractivity contribution in [3.8, 4) is 0 Å². The second-order valence-electron chi connectivity index (χ2n) is 6.17. The van der Waals surface area contributed by atoms with Crippen LogP contribution in [0.5, 0.6) is 0 Å². The van der Waals surface area contributed by atoms with Gasteiger partial charge in [-0.1, -0.05) is 13.8 Å². The van der Waals surface area contributed by atoms with Crippen molar-refractivity contribution in [1.29, 1.82) is 0 Å². The van der Waals surface area contributed by atoms with Crippen molar-refractivity contribution in [2.24, 2.45) is 0 Å². The van der Waals surface area contributed by atoms with E-state index in [0.717, 1.165) is 5.69 Å². The van der Waals surface area contributed by atoms with Crippen molar-refractivity contribution in [1.82, 2.24) is 14.7 Å². The first-order valence-electron chi connectivity index (χ1n) is 7.29. The van der Waals surface area contributed by atoms with E-state index >= 15 is 0 Å². The Kier molecular flexibility index (Phi) is 4.10. The third-order valence-electron chi connectivity index (χ3n) is 4.05. The molecule has 1 aromatic heterocycles. The van der Waals surface area contributed by atoms with Gasteiger partial charge in [-0.15, -0.1) is 0 Å². The fourth-order valence-corrected chi connectivity index (χ4v) is 2.91. The lowest BCUT2D eigenvalue weighted by molar-refractivity contribution is 0.145. The Morgan fingerprint density at radius 1 is 1.17 bits per heavy atom. The van der Waals surface area contributed by atoms with Crippen LogP contribution in [0.2, 0.25) is 0 Å². The molecule has 1 aromatic rings. The molecular formula is C15H27N3. The Morgan fingerprint density at radius 2 is 1.78 bits per heavy atom. The van der Waals surface area contributed by atoms with E-state index in [2.05, 4.69) is 50.3 Å². The van der Waals surface area contributed by atoms with Gasteiger partial charge in [0.15, 0.2) is 0 Å². The number of rotatable bonds is 3. The SMILES string of the molecule is Cc1cc(C(C)C)n(C2CCN(C(C)C)CC2)n1. The number of likely N-dealkylation sites (tertiary alicyclic amines) is 1. The second-order valence-corrected chi connectivity index (χ2v) is 6.17. The Bertz CT molecular complexity index is 384. The van der Waals surface area contributed by atoms with Gasteiger partial charge < -0.3 is 4.90 Å². The first-order chi connectivity index (χ1) is 8.49. The molecule has 0 aliphatic carbocycles. The Balaban J connectivity index is 2.09. The lowest BCUT2D eigenvalue weighted by Gasteiger charge is -2.35. The molecule has 0 atom stereocenters. The molecule has 3 heteroatoms. The van der Waals surface area contributed by atoms with Crippen molar-refractivity contribution >= 4 is 0 Å². The largest absolute Gasteiger partial charge is 0.301 e. The molecule has 0 radical (unpaired) electrons. The van der Waals surface area contributed by atoms with Crippen LogP contribution in [0.4, 0.5) is 0 Å². The van der Waals surface area contributed by atoms with Gasteiger partial charge in [-0.3, -0.25) is 4.68 Å². The highest BCUT2D eigenvalue weighted by atomic mass is 15.3. The molecule has 1 aliphatic heterocycles. The summed E-state index contributed by atoms with van der Waals surface area (Å²) >= 11 is 0. The normalized spacial score (nSPS) is 19.1. The summed E-state index contributed by atoms with van der Waals surface area (Å²) in [6, 6.07) is 3.53. The number of aromatic nitrogens is 2. The standard InChI is InChI=1S/C15H27N3/c1-11(2)15-10-13(5)16-18(15)14-6-8-17(9-7-14)12(3)4/h10-12,14H,6-9H2,1-5H3. The fraction of sp³-hybridized carbons (Fsp3) is 0.800. The van der Waals surface area contributed by atoms with E-state index in [1.165, 1.54) is 31.6 Å². The molecule has 2 heterocycles. The van der Waals surface area contributed by atoms with E-state index in [-0.39, 0.29) is 0 Å². The molecule has 0 saturated carbocycles. The van der Waals surface area contributed by atoms with Gasteiger partial charge in [-0.05, 0) is 45.6 Å². The number of hydrogen-bond donors (Lipinski definition) is 0. The van der Waals surface area contributed by atoms with Crippen LogP contribution in [-0.4, -0.2) is 33.8 Å². The summed E-state index contributed by atoms with van der Waals surface area (Å²) in [7, 11) is 0. The van der Waals surface area contributed by atoms with Crippen molar-refractivity contribution in [3.63, 3.8) is 0 Å². The molecule has 0 spiro atoms. The maximum atomic E-state index is 4.72. The molecular weight excluding hydrogens is 222 g/mol. The Labute approximate surface area is 111 Å². The minimum absolute atomic E-state index is 0.564. The van der Waals surface area contributed by atoms with Crippen molar-refractivity contribution in [2.75, 3.05) is 13.1 Å². The predicted molar refractivity (Wildman–Crippen MR) is 76.0 cm³/mol. The summed E-state index contributed by atoms with van der Waals surface area (Å²) in [5, 5.41) is 4.72. The summed E-state index contributed by atoms with van der Waals surface area (Å²) in [4.78, 5) is 2.57. The van der Waals surface area contributed by atoms with E-state index in [0.29, 0.717) is 18.0 Å². The minimum Gasteiger partial charge on any atom is -0.301 e. The van der Waals surface area contributed by atoms with Crippen molar-refractivity contribution in [3.05, 3.63) is 17.5 Å². The van der Waals surface area contributed by atoms with Gasteiger partial charge in [0.05, 0.1) is 11.7 Å². The average Bonchev–Trinajstić information content (AvgIpc) is 2.71. The minimum atomic E-state index is 0.564. The lowest BCUT2D eigenvalue weighted by Crippen LogP contribution is -2.39. The topological polar surface area (TPSA) is 21.1 Å². The number of piperidine rings is 1. The summed E-state index contributed by atoms with van der Waals surface area (Å²) in [6.45, 7) is 13.6. The maximum Gasteiger partial charge on any atom is 0.0596 e. The van der Waals surface area contributed by atoms with Crippen LogP contribution in [-0.2, 0) is 0 Å². The molecule has 0 unspecified atom stereocenters. The van der Waals surface area contributed by atoms with Crippen LogP contribution in [0.15, 0.2) is 6.07 Å². The summed E-state index contributed by atoms with van der Waals surface area (Å²) in [5.74, 6) is 0.564. The molecule has 3 nitrogen and oxygen atoms in total. The van der Waals surface area contributed by atoms with Crippen LogP contribution in [0.3, 0.4) is 0 Å². The third-order valence-corrected chi connectivity index (χ3v) is 4.05. The predicted octanol–water partition coefficient (Wildman–Crippen LogP) is 3.36. The third kappa shape index (κ3) is 2.77. The Hall–Kier alpha value is -0.830. The number of aryl methyl sites for hydroxylation is 1. The van der Waals surface area contributed by atoms with E-state index in [4.69, 9.17) is 5.10 Å². The van der Waals surface area contributed by atoms with Gasteiger partial charge in [0.25, 0.3) is 0 Å². The highest BCUT2D eigenvalue weighted by Gasteiger charge is 2.24. The van der Waals surface area contributed by atoms with Crippen LogP contribution in [0, 0.1) is 6.92 Å². The van der Waals surface area contributed by atoms with E-state index in [1.807, 2.05) is 0 Å². The Morgan fingerprint density at radius 3 is 2.28 bits per heavy atom. The summed E-state index contributed by atoms with van der Waals surface area (Å²) in [5.41, 5.74) is 2.56. The number of nitrogens with zero attached hydrogens (tertiary/aromatic N) is 3. The highest BCUT2D eigenvalue weighted by molar-refractivity contribution is 5.13. The van der Waals surface area contributed by atoms with Crippen LogP contribution >= 0.6 is 0 Å². The van der Waals surface area contributed by atoms with Gasteiger partial charge in [0, 0.05) is 24.8 Å². The van der Waals surface area contributed by atoms with Gasteiger partial charge in [0.1, 0.15) is 0 Å². The summed E-state index contributed by atoms with van der Waals surface area (Å²) in [6.07, 6.45) is 2.47. The van der Waals surface area contributed by atoms with Crippen LogP contribution in [0.1, 0.15) is 63.9 Å². The zero-order valence-electron chi connectivity index (χ0n) is 12.5. The van der Waals surface area contributed by atoms with Crippen LogP contribution in [0.25, 0.3) is 0 Å². The smallest absolute Gasteiger partial charge is 0.0596 e. The zero-order chi connectivity index (χ0) is 13.3. The molecule has 0 bridgehead atoms. The van der Waals surface area contributed by atoms with Gasteiger partial charge in [-0.25, -0.2) is 0 Å². The number of hydrogen-bond acceptors (Lipinski definition) is 2. The average molecular weight is 249 g/mol. The van der Waals surface area contributed by atoms with Gasteiger partial charge >= 0.3 is 0 Å². The first-order valence-corrected chi connectivity index (χ1v) is 7.29. The fourth-order valence-electron chi connectivity index (χ4n) is 2.91. The molecule has 2 rings (SSSR count). The first kappa shape index (κ1) is 13.6. The maximum absolute atomic E-state index is 4.72. The molecule has 0 N–H and O–H groups in total. The molecule has 0 amide bonds. The van der Waals surface area contributed by atoms with Crippen molar-refractivity contribution in [2.45, 2.75) is 65.5 Å². The van der Waals surface area contributed by atoms with E-state index in [9.17, 15) is 0 Å². The van der Waals surface area contributed by atoms with E-state index < -0.39 is 0 Å². The van der Waals surface area contributed by atoms with Crippen molar-refractivity contribution < 1.29 is 0 Å². The molecule has 0 aromatic carbocycles. The highest BCUT2D eigenvalue weighted by Crippen LogP contribution is 2.27. The van der Waals surface area contributed by atoms with Crippen LogP contribution < -0.4 is 0 Å². The molecule has 18 heavy (non-hydrogen) atoms. The van der Waals surface area contributed by atoms with E-state index in [1.54, 1.807) is 0 Å².